The van der Waals surface area contributed by atoms with Crippen molar-refractivity contribution in [2.75, 3.05) is 49.7 Å². The van der Waals surface area contributed by atoms with Crippen LogP contribution in [0.3, 0.4) is 0 Å². The van der Waals surface area contributed by atoms with Crippen molar-refractivity contribution in [2.24, 2.45) is 0 Å². The molecular weight excluding hydrogens is 424 g/mol. The zero-order valence-corrected chi connectivity index (χ0v) is 19.3. The number of anilines is 2. The van der Waals surface area contributed by atoms with Crippen LogP contribution < -0.4 is 19.7 Å². The van der Waals surface area contributed by atoms with Gasteiger partial charge >= 0.3 is 5.97 Å². The molecule has 8 nitrogen and oxygen atoms in total. The Morgan fingerprint density at radius 3 is 2.52 bits per heavy atom. The lowest BCUT2D eigenvalue weighted by atomic mass is 9.89. The number of amides is 1. The van der Waals surface area contributed by atoms with Gasteiger partial charge in [0.1, 0.15) is 11.5 Å². The highest BCUT2D eigenvalue weighted by Gasteiger charge is 2.43. The Balaban J connectivity index is 1.64. The number of nitrogens with one attached hydrogen (secondary N) is 1. The van der Waals surface area contributed by atoms with E-state index in [-0.39, 0.29) is 6.42 Å². The van der Waals surface area contributed by atoms with Gasteiger partial charge in [-0.2, -0.15) is 0 Å². The van der Waals surface area contributed by atoms with Gasteiger partial charge in [0.2, 0.25) is 0 Å². The van der Waals surface area contributed by atoms with E-state index in [9.17, 15) is 9.59 Å². The van der Waals surface area contributed by atoms with Gasteiger partial charge in [-0.25, -0.2) is 4.79 Å². The first kappa shape index (κ1) is 22.9. The van der Waals surface area contributed by atoms with Crippen LogP contribution in [0.5, 0.6) is 11.5 Å². The number of carbonyl (C=O) groups excluding carboxylic acids is 2. The molecule has 2 aliphatic rings. The lowest BCUT2D eigenvalue weighted by Gasteiger charge is -2.33. The van der Waals surface area contributed by atoms with Crippen molar-refractivity contribution in [3.8, 4) is 11.5 Å². The molecular formula is C25H30N2O6. The van der Waals surface area contributed by atoms with Crippen molar-refractivity contribution >= 4 is 23.3 Å². The van der Waals surface area contributed by atoms with Gasteiger partial charge in [0.15, 0.2) is 5.60 Å². The Labute approximate surface area is 193 Å². The molecule has 0 bridgehead atoms. The van der Waals surface area contributed by atoms with E-state index in [0.717, 1.165) is 24.3 Å². The highest BCUT2D eigenvalue weighted by atomic mass is 16.6. The fourth-order valence-electron chi connectivity index (χ4n) is 4.16. The second kappa shape index (κ2) is 9.70. The summed E-state index contributed by atoms with van der Waals surface area (Å²) in [6.07, 6.45) is 0.287. The Kier molecular flexibility index (Phi) is 6.74. The largest absolute Gasteiger partial charge is 0.492 e. The molecule has 1 saturated heterocycles. The van der Waals surface area contributed by atoms with E-state index in [1.165, 1.54) is 0 Å². The van der Waals surface area contributed by atoms with Crippen LogP contribution in [0.15, 0.2) is 36.4 Å². The molecule has 0 radical (unpaired) electrons. The molecule has 1 amide bonds. The summed E-state index contributed by atoms with van der Waals surface area (Å²) < 4.78 is 22.8. The van der Waals surface area contributed by atoms with E-state index in [0.29, 0.717) is 49.2 Å². The molecule has 2 heterocycles. The minimum atomic E-state index is -1.34. The maximum atomic E-state index is 13.3. The summed E-state index contributed by atoms with van der Waals surface area (Å²) in [7, 11) is 0. The first-order chi connectivity index (χ1) is 15.9. The van der Waals surface area contributed by atoms with Crippen LogP contribution in [0, 0.1) is 0 Å². The zero-order chi connectivity index (χ0) is 23.4. The third-order valence-electron chi connectivity index (χ3n) is 5.82. The molecule has 0 aromatic heterocycles. The fourth-order valence-corrected chi connectivity index (χ4v) is 4.16. The number of nitrogens with zero attached hydrogens (tertiary/aromatic N) is 1. The maximum absolute atomic E-state index is 13.3. The molecule has 4 rings (SSSR count). The predicted molar refractivity (Wildman–Crippen MR) is 124 cm³/mol. The number of fused-ring (bicyclic) bond motifs is 1. The van der Waals surface area contributed by atoms with Gasteiger partial charge in [-0.05, 0) is 32.4 Å². The molecule has 0 unspecified atom stereocenters. The molecule has 176 valence electrons. The molecule has 2 aromatic carbocycles. The quantitative estimate of drug-likeness (QED) is 0.642. The van der Waals surface area contributed by atoms with Crippen molar-refractivity contribution in [1.29, 1.82) is 0 Å². The number of esters is 1. The molecule has 0 aliphatic carbocycles. The number of hydrogen-bond acceptors (Lipinski definition) is 7. The fraction of sp³-hybridized carbons (Fsp3) is 0.440. The van der Waals surface area contributed by atoms with Gasteiger partial charge in [0.25, 0.3) is 5.91 Å². The Bertz CT molecular complexity index is 1030. The van der Waals surface area contributed by atoms with Gasteiger partial charge in [0.05, 0.1) is 43.4 Å². The highest BCUT2D eigenvalue weighted by Crippen LogP contribution is 2.40. The molecule has 2 aliphatic heterocycles. The van der Waals surface area contributed by atoms with E-state index in [4.69, 9.17) is 18.9 Å². The number of ether oxygens (including phenoxy) is 4. The number of morpholine rings is 1. The number of carbonyl (C=O) groups is 2. The van der Waals surface area contributed by atoms with Crippen molar-refractivity contribution < 1.29 is 28.5 Å². The SMILES string of the molecule is CCOc1cc(N2CCOCC2)c(OCC)cc1NC(=O)[C@]1(C)Cc2ccccc2C(=O)O1. The lowest BCUT2D eigenvalue weighted by Crippen LogP contribution is -2.49. The average molecular weight is 455 g/mol. The number of hydrogen-bond donors (Lipinski definition) is 1. The molecule has 33 heavy (non-hydrogen) atoms. The normalized spacial score (nSPS) is 20.0. The van der Waals surface area contributed by atoms with Crippen LogP contribution in [-0.4, -0.2) is 57.0 Å². The van der Waals surface area contributed by atoms with E-state index in [2.05, 4.69) is 10.2 Å². The summed E-state index contributed by atoms with van der Waals surface area (Å²) in [6, 6.07) is 10.8. The Hall–Kier alpha value is -3.26. The van der Waals surface area contributed by atoms with Crippen LogP contribution >= 0.6 is 0 Å². The van der Waals surface area contributed by atoms with Gasteiger partial charge in [-0.3, -0.25) is 4.79 Å². The predicted octanol–water partition coefficient (Wildman–Crippen LogP) is 3.43. The molecule has 1 atom stereocenters. The first-order valence-corrected chi connectivity index (χ1v) is 11.3. The molecule has 8 heteroatoms. The monoisotopic (exact) mass is 454 g/mol. The van der Waals surface area contributed by atoms with Crippen LogP contribution in [0.1, 0.15) is 36.7 Å². The minimum Gasteiger partial charge on any atom is -0.492 e. The summed E-state index contributed by atoms with van der Waals surface area (Å²) >= 11 is 0. The van der Waals surface area contributed by atoms with Gasteiger partial charge in [0, 0.05) is 31.6 Å². The zero-order valence-electron chi connectivity index (χ0n) is 19.3. The summed E-state index contributed by atoms with van der Waals surface area (Å²) in [5.74, 6) is 0.251. The summed E-state index contributed by atoms with van der Waals surface area (Å²) in [4.78, 5) is 28.1. The second-order valence-corrected chi connectivity index (χ2v) is 8.19. The number of rotatable bonds is 7. The van der Waals surface area contributed by atoms with Crippen LogP contribution in [-0.2, 0) is 20.7 Å². The first-order valence-electron chi connectivity index (χ1n) is 11.3. The molecule has 1 N–H and O–H groups in total. The van der Waals surface area contributed by atoms with Crippen molar-refractivity contribution in [3.05, 3.63) is 47.5 Å². The van der Waals surface area contributed by atoms with Crippen molar-refractivity contribution in [1.82, 2.24) is 0 Å². The molecule has 0 spiro atoms. The Morgan fingerprint density at radius 2 is 1.79 bits per heavy atom. The standard InChI is InChI=1S/C25H30N2O6/c1-4-31-21-15-20(27-10-12-30-13-11-27)22(32-5-2)14-19(21)26-24(29)25(3)16-17-8-6-7-9-18(17)23(28)33-25/h6-9,14-15H,4-5,10-13,16H2,1-3H3,(H,26,29)/t25-/m0/s1. The minimum absolute atomic E-state index is 0.287. The number of cyclic esters (lactones) is 1. The van der Waals surface area contributed by atoms with Gasteiger partial charge in [-0.1, -0.05) is 18.2 Å². The van der Waals surface area contributed by atoms with Crippen molar-refractivity contribution in [2.45, 2.75) is 32.8 Å². The molecule has 2 aromatic rings. The lowest BCUT2D eigenvalue weighted by molar-refractivity contribution is -0.134. The average Bonchev–Trinajstić information content (AvgIpc) is 2.81. The summed E-state index contributed by atoms with van der Waals surface area (Å²) in [5, 5.41) is 2.92. The highest BCUT2D eigenvalue weighted by molar-refractivity contribution is 6.03. The van der Waals surface area contributed by atoms with E-state index >= 15 is 0 Å². The molecule has 0 saturated carbocycles. The van der Waals surface area contributed by atoms with E-state index in [1.807, 2.05) is 32.0 Å². The maximum Gasteiger partial charge on any atom is 0.339 e. The summed E-state index contributed by atoms with van der Waals surface area (Å²) in [5.41, 5.74) is 1.30. The topological polar surface area (TPSA) is 86.3 Å². The van der Waals surface area contributed by atoms with E-state index in [1.54, 1.807) is 25.1 Å². The van der Waals surface area contributed by atoms with Crippen LogP contribution in [0.4, 0.5) is 11.4 Å². The van der Waals surface area contributed by atoms with E-state index < -0.39 is 17.5 Å². The third kappa shape index (κ3) is 4.75. The smallest absolute Gasteiger partial charge is 0.339 e. The summed E-state index contributed by atoms with van der Waals surface area (Å²) in [6.45, 7) is 9.09. The Morgan fingerprint density at radius 1 is 1.09 bits per heavy atom. The molecule has 1 fully saturated rings. The van der Waals surface area contributed by atoms with Gasteiger partial charge in [-0.15, -0.1) is 0 Å². The second-order valence-electron chi connectivity index (χ2n) is 8.19. The third-order valence-corrected chi connectivity index (χ3v) is 5.82. The van der Waals surface area contributed by atoms with Gasteiger partial charge < -0.3 is 29.2 Å². The van der Waals surface area contributed by atoms with Crippen molar-refractivity contribution in [3.63, 3.8) is 0 Å². The van der Waals surface area contributed by atoms with Crippen LogP contribution in [0.2, 0.25) is 0 Å². The number of benzene rings is 2. The van der Waals surface area contributed by atoms with Crippen LogP contribution in [0.25, 0.3) is 0 Å².